The van der Waals surface area contributed by atoms with Crippen molar-refractivity contribution in [2.24, 2.45) is 5.73 Å². The van der Waals surface area contributed by atoms with Crippen LogP contribution in [0.3, 0.4) is 0 Å². The van der Waals surface area contributed by atoms with Gasteiger partial charge in [0.25, 0.3) is 0 Å². The highest BCUT2D eigenvalue weighted by Gasteiger charge is 2.10. The molecule has 1 atom stereocenters. The Balaban J connectivity index is 2.34. The first-order valence-electron chi connectivity index (χ1n) is 4.77. The third kappa shape index (κ3) is 2.03. The Bertz CT molecular complexity index is 451. The molecule has 0 aliphatic heterocycles. The highest BCUT2D eigenvalue weighted by molar-refractivity contribution is 7.10. The van der Waals surface area contributed by atoms with Gasteiger partial charge in [0.15, 0.2) is 0 Å². The summed E-state index contributed by atoms with van der Waals surface area (Å²) in [4.78, 5) is 1.14. The SMILES string of the molecule is Cc1cc([C@@H](N)c2cccs2)ccc1O. The van der Waals surface area contributed by atoms with Crippen molar-refractivity contribution in [3.63, 3.8) is 0 Å². The topological polar surface area (TPSA) is 46.2 Å². The van der Waals surface area contributed by atoms with E-state index in [4.69, 9.17) is 5.73 Å². The zero-order valence-electron chi connectivity index (χ0n) is 8.47. The van der Waals surface area contributed by atoms with Crippen molar-refractivity contribution in [1.82, 2.24) is 0 Å². The lowest BCUT2D eigenvalue weighted by molar-refractivity contribution is 0.470. The Kier molecular flexibility index (Phi) is 2.75. The van der Waals surface area contributed by atoms with Crippen LogP contribution in [-0.4, -0.2) is 5.11 Å². The van der Waals surface area contributed by atoms with Crippen LogP contribution in [0.1, 0.15) is 22.0 Å². The number of phenols is 1. The second-order valence-electron chi connectivity index (χ2n) is 3.54. The Morgan fingerprint density at radius 3 is 2.73 bits per heavy atom. The van der Waals surface area contributed by atoms with Gasteiger partial charge in [0.2, 0.25) is 0 Å². The molecule has 2 aromatic rings. The van der Waals surface area contributed by atoms with Gasteiger partial charge in [-0.2, -0.15) is 0 Å². The van der Waals surface area contributed by atoms with E-state index in [1.807, 2.05) is 36.6 Å². The van der Waals surface area contributed by atoms with Gasteiger partial charge in [-0.05, 0) is 35.6 Å². The predicted octanol–water partition coefficient (Wildman–Crippen LogP) is 2.81. The molecule has 0 bridgehead atoms. The number of nitrogens with two attached hydrogens (primary N) is 1. The molecule has 0 amide bonds. The third-order valence-corrected chi connectivity index (χ3v) is 3.39. The summed E-state index contributed by atoms with van der Waals surface area (Å²) in [5.41, 5.74) is 8.00. The maximum Gasteiger partial charge on any atom is 0.118 e. The van der Waals surface area contributed by atoms with Crippen molar-refractivity contribution in [2.75, 3.05) is 0 Å². The van der Waals surface area contributed by atoms with Crippen molar-refractivity contribution in [3.05, 3.63) is 51.7 Å². The van der Waals surface area contributed by atoms with Gasteiger partial charge in [-0.15, -0.1) is 11.3 Å². The standard InChI is InChI=1S/C12H13NOS/c1-8-7-9(4-5-10(8)14)12(13)11-3-2-6-15-11/h2-7,12,14H,13H2,1H3/t12-/m1/s1. The average Bonchev–Trinajstić information content (AvgIpc) is 2.74. The van der Waals surface area contributed by atoms with Gasteiger partial charge in [-0.3, -0.25) is 0 Å². The molecule has 1 heterocycles. The molecule has 1 aromatic heterocycles. The van der Waals surface area contributed by atoms with Crippen molar-refractivity contribution in [1.29, 1.82) is 0 Å². The maximum absolute atomic E-state index is 9.42. The van der Waals surface area contributed by atoms with E-state index >= 15 is 0 Å². The minimum Gasteiger partial charge on any atom is -0.508 e. The molecule has 0 unspecified atom stereocenters. The number of rotatable bonds is 2. The number of hydrogen-bond acceptors (Lipinski definition) is 3. The molecule has 1 aromatic carbocycles. The Labute approximate surface area is 93.0 Å². The van der Waals surface area contributed by atoms with Crippen molar-refractivity contribution >= 4 is 11.3 Å². The second-order valence-corrected chi connectivity index (χ2v) is 4.52. The molecule has 0 saturated heterocycles. The average molecular weight is 219 g/mol. The first-order valence-corrected chi connectivity index (χ1v) is 5.65. The minimum absolute atomic E-state index is 0.0932. The molecule has 2 nitrogen and oxygen atoms in total. The van der Waals surface area contributed by atoms with Gasteiger partial charge in [0.1, 0.15) is 5.75 Å². The van der Waals surface area contributed by atoms with Crippen LogP contribution in [0.25, 0.3) is 0 Å². The molecule has 0 saturated carbocycles. The van der Waals surface area contributed by atoms with Gasteiger partial charge in [0.05, 0.1) is 6.04 Å². The van der Waals surface area contributed by atoms with Crippen LogP contribution in [0.2, 0.25) is 0 Å². The highest BCUT2D eigenvalue weighted by Crippen LogP contribution is 2.26. The largest absolute Gasteiger partial charge is 0.508 e. The van der Waals surface area contributed by atoms with Crippen LogP contribution in [0.15, 0.2) is 35.7 Å². The summed E-state index contributed by atoms with van der Waals surface area (Å²) in [6, 6.07) is 9.42. The molecule has 0 aliphatic carbocycles. The summed E-state index contributed by atoms with van der Waals surface area (Å²) in [5, 5.41) is 11.4. The molecule has 3 heteroatoms. The summed E-state index contributed by atoms with van der Waals surface area (Å²) >= 11 is 1.65. The third-order valence-electron chi connectivity index (χ3n) is 2.43. The van der Waals surface area contributed by atoms with Crippen LogP contribution in [0.4, 0.5) is 0 Å². The molecular weight excluding hydrogens is 206 g/mol. The van der Waals surface area contributed by atoms with Crippen LogP contribution < -0.4 is 5.73 Å². The van der Waals surface area contributed by atoms with E-state index in [1.54, 1.807) is 17.4 Å². The van der Waals surface area contributed by atoms with Gasteiger partial charge in [0, 0.05) is 4.88 Å². The van der Waals surface area contributed by atoms with E-state index < -0.39 is 0 Å². The van der Waals surface area contributed by atoms with E-state index in [0.29, 0.717) is 5.75 Å². The van der Waals surface area contributed by atoms with Crippen molar-refractivity contribution in [2.45, 2.75) is 13.0 Å². The van der Waals surface area contributed by atoms with Crippen molar-refractivity contribution in [3.8, 4) is 5.75 Å². The zero-order chi connectivity index (χ0) is 10.8. The summed E-state index contributed by atoms with van der Waals surface area (Å²) in [5.74, 6) is 0.317. The Hall–Kier alpha value is -1.32. The van der Waals surface area contributed by atoms with E-state index in [1.165, 1.54) is 0 Å². The first kappa shape index (κ1) is 10.2. The quantitative estimate of drug-likeness (QED) is 0.815. The molecule has 0 spiro atoms. The first-order chi connectivity index (χ1) is 7.18. The van der Waals surface area contributed by atoms with Gasteiger partial charge in [-0.1, -0.05) is 18.2 Å². The summed E-state index contributed by atoms with van der Waals surface area (Å²) in [7, 11) is 0. The normalized spacial score (nSPS) is 12.7. The number of aryl methyl sites for hydroxylation is 1. The maximum atomic E-state index is 9.42. The van der Waals surface area contributed by atoms with Crippen LogP contribution in [-0.2, 0) is 0 Å². The van der Waals surface area contributed by atoms with E-state index in [9.17, 15) is 5.11 Å². The van der Waals surface area contributed by atoms with E-state index in [2.05, 4.69) is 0 Å². The zero-order valence-corrected chi connectivity index (χ0v) is 9.29. The van der Waals surface area contributed by atoms with Crippen molar-refractivity contribution < 1.29 is 5.11 Å². The monoisotopic (exact) mass is 219 g/mol. The lowest BCUT2D eigenvalue weighted by Gasteiger charge is -2.11. The van der Waals surface area contributed by atoms with Gasteiger partial charge in [-0.25, -0.2) is 0 Å². The molecule has 15 heavy (non-hydrogen) atoms. The lowest BCUT2D eigenvalue weighted by Crippen LogP contribution is -2.10. The summed E-state index contributed by atoms with van der Waals surface area (Å²) in [6.45, 7) is 1.87. The number of phenolic OH excluding ortho intramolecular Hbond substituents is 1. The van der Waals surface area contributed by atoms with Gasteiger partial charge < -0.3 is 10.8 Å². The van der Waals surface area contributed by atoms with Crippen LogP contribution in [0, 0.1) is 6.92 Å². The fraction of sp³-hybridized carbons (Fsp3) is 0.167. The van der Waals surface area contributed by atoms with Crippen LogP contribution >= 0.6 is 11.3 Å². The highest BCUT2D eigenvalue weighted by atomic mass is 32.1. The molecular formula is C12H13NOS. The minimum atomic E-state index is -0.0932. The fourth-order valence-corrected chi connectivity index (χ4v) is 2.26. The Morgan fingerprint density at radius 2 is 2.13 bits per heavy atom. The number of benzene rings is 1. The lowest BCUT2D eigenvalue weighted by atomic mass is 10.0. The van der Waals surface area contributed by atoms with Crippen LogP contribution in [0.5, 0.6) is 5.75 Å². The second kappa shape index (κ2) is 4.04. The number of aromatic hydroxyl groups is 1. The molecule has 0 aliphatic rings. The van der Waals surface area contributed by atoms with E-state index in [-0.39, 0.29) is 6.04 Å². The predicted molar refractivity (Wildman–Crippen MR) is 63.2 cm³/mol. The smallest absolute Gasteiger partial charge is 0.118 e. The van der Waals surface area contributed by atoms with E-state index in [0.717, 1.165) is 16.0 Å². The molecule has 0 radical (unpaired) electrons. The fourth-order valence-electron chi connectivity index (χ4n) is 1.50. The number of hydrogen-bond donors (Lipinski definition) is 2. The summed E-state index contributed by atoms with van der Waals surface area (Å²) in [6.07, 6.45) is 0. The molecule has 78 valence electrons. The number of thiophene rings is 1. The molecule has 3 N–H and O–H groups in total. The Morgan fingerprint density at radius 1 is 1.33 bits per heavy atom. The molecule has 2 rings (SSSR count). The van der Waals surface area contributed by atoms with Gasteiger partial charge >= 0.3 is 0 Å². The summed E-state index contributed by atoms with van der Waals surface area (Å²) < 4.78 is 0. The molecule has 0 fully saturated rings.